The average Bonchev–Trinajstić information content (AvgIpc) is 2.62. The van der Waals surface area contributed by atoms with E-state index in [1.165, 1.54) is 12.3 Å². The Labute approximate surface area is 105 Å². The number of likely N-dealkylation sites (tertiary alicyclic amines) is 1. The van der Waals surface area contributed by atoms with Gasteiger partial charge in [0.2, 0.25) is 5.95 Å². The van der Waals surface area contributed by atoms with Crippen molar-refractivity contribution in [3.05, 3.63) is 29.8 Å². The lowest BCUT2D eigenvalue weighted by molar-refractivity contribution is 0.0599. The first kappa shape index (κ1) is 13.0. The molecule has 1 aromatic rings. The van der Waals surface area contributed by atoms with Crippen molar-refractivity contribution >= 4 is 5.91 Å². The predicted molar refractivity (Wildman–Crippen MR) is 64.6 cm³/mol. The Bertz CT molecular complexity index is 425. The third-order valence-corrected chi connectivity index (χ3v) is 3.32. The normalized spacial score (nSPS) is 20.6. The van der Waals surface area contributed by atoms with Crippen LogP contribution in [0.2, 0.25) is 0 Å². The predicted octanol–water partition coefficient (Wildman–Crippen LogP) is 1.60. The van der Waals surface area contributed by atoms with Crippen LogP contribution in [0.3, 0.4) is 0 Å². The highest BCUT2D eigenvalue weighted by Gasteiger charge is 2.25. The molecule has 0 aliphatic carbocycles. The van der Waals surface area contributed by atoms with Crippen LogP contribution in [-0.2, 0) is 0 Å². The van der Waals surface area contributed by atoms with Gasteiger partial charge in [-0.1, -0.05) is 12.8 Å². The molecule has 1 fully saturated rings. The fourth-order valence-corrected chi connectivity index (χ4v) is 2.34. The number of nitrogens with zero attached hydrogens (tertiary/aromatic N) is 2. The van der Waals surface area contributed by atoms with E-state index < -0.39 is 5.95 Å². The summed E-state index contributed by atoms with van der Waals surface area (Å²) in [5.74, 6) is -0.881. The fraction of sp³-hybridized carbons (Fsp3) is 0.538. The Morgan fingerprint density at radius 1 is 1.50 bits per heavy atom. The number of aromatic nitrogens is 1. The Morgan fingerprint density at radius 3 is 3.06 bits per heavy atom. The van der Waals surface area contributed by atoms with Crippen molar-refractivity contribution in [3.8, 4) is 0 Å². The first-order valence-corrected chi connectivity index (χ1v) is 6.26. The molecule has 1 aliphatic rings. The van der Waals surface area contributed by atoms with Crippen molar-refractivity contribution in [2.24, 2.45) is 0 Å². The van der Waals surface area contributed by atoms with Crippen molar-refractivity contribution in [1.29, 1.82) is 0 Å². The van der Waals surface area contributed by atoms with Gasteiger partial charge in [0.25, 0.3) is 5.91 Å². The Balaban J connectivity index is 2.19. The van der Waals surface area contributed by atoms with Gasteiger partial charge in [0, 0.05) is 24.4 Å². The second-order valence-corrected chi connectivity index (χ2v) is 4.55. The Kier molecular flexibility index (Phi) is 4.25. The van der Waals surface area contributed by atoms with Crippen molar-refractivity contribution in [2.75, 3.05) is 13.2 Å². The molecule has 5 heteroatoms. The van der Waals surface area contributed by atoms with Gasteiger partial charge in [-0.2, -0.15) is 4.39 Å². The summed E-state index contributed by atoms with van der Waals surface area (Å²) in [5, 5.41) is 9.36. The number of halogens is 1. The van der Waals surface area contributed by atoms with E-state index in [2.05, 4.69) is 4.98 Å². The summed E-state index contributed by atoms with van der Waals surface area (Å²) < 4.78 is 13.0. The minimum atomic E-state index is -0.656. The number of carbonyl (C=O) groups excluding carboxylic acids is 1. The summed E-state index contributed by atoms with van der Waals surface area (Å²) in [6.07, 6.45) is 5.09. The number of pyridine rings is 1. The highest BCUT2D eigenvalue weighted by Crippen LogP contribution is 2.19. The summed E-state index contributed by atoms with van der Waals surface area (Å²) in [7, 11) is 0. The van der Waals surface area contributed by atoms with Crippen LogP contribution in [0.15, 0.2) is 18.3 Å². The van der Waals surface area contributed by atoms with E-state index in [4.69, 9.17) is 0 Å². The third kappa shape index (κ3) is 2.85. The van der Waals surface area contributed by atoms with Crippen LogP contribution < -0.4 is 0 Å². The Morgan fingerprint density at radius 2 is 2.33 bits per heavy atom. The number of aliphatic hydroxyl groups excluding tert-OH is 1. The van der Waals surface area contributed by atoms with Gasteiger partial charge >= 0.3 is 0 Å². The lowest BCUT2D eigenvalue weighted by atomic mass is 10.1. The lowest BCUT2D eigenvalue weighted by Gasteiger charge is -2.28. The van der Waals surface area contributed by atoms with Gasteiger partial charge in [0.1, 0.15) is 0 Å². The van der Waals surface area contributed by atoms with Gasteiger partial charge < -0.3 is 10.0 Å². The van der Waals surface area contributed by atoms with Crippen molar-refractivity contribution < 1.29 is 14.3 Å². The van der Waals surface area contributed by atoms with Crippen molar-refractivity contribution in [1.82, 2.24) is 9.88 Å². The molecule has 0 radical (unpaired) electrons. The molecular formula is C13H17FN2O2. The van der Waals surface area contributed by atoms with E-state index in [0.29, 0.717) is 12.1 Å². The molecule has 1 N–H and O–H groups in total. The number of hydrogen-bond acceptors (Lipinski definition) is 3. The van der Waals surface area contributed by atoms with Gasteiger partial charge in [0.05, 0.1) is 12.6 Å². The molecule has 0 bridgehead atoms. The van der Waals surface area contributed by atoms with E-state index in [-0.39, 0.29) is 18.6 Å². The van der Waals surface area contributed by atoms with Crippen LogP contribution in [-0.4, -0.2) is 40.1 Å². The molecular weight excluding hydrogens is 235 g/mol. The fourth-order valence-electron chi connectivity index (χ4n) is 2.34. The van der Waals surface area contributed by atoms with Crippen LogP contribution in [0.5, 0.6) is 0 Å². The zero-order valence-corrected chi connectivity index (χ0v) is 10.2. The summed E-state index contributed by atoms with van der Waals surface area (Å²) in [4.78, 5) is 17.4. The zero-order valence-electron chi connectivity index (χ0n) is 10.2. The minimum Gasteiger partial charge on any atom is -0.394 e. The van der Waals surface area contributed by atoms with Gasteiger partial charge in [-0.25, -0.2) is 4.98 Å². The molecule has 98 valence electrons. The number of aliphatic hydroxyl groups is 1. The molecule has 1 unspecified atom stereocenters. The number of hydrogen-bond donors (Lipinski definition) is 1. The molecule has 2 rings (SSSR count). The molecule has 0 spiro atoms. The van der Waals surface area contributed by atoms with Gasteiger partial charge in [-0.3, -0.25) is 4.79 Å². The van der Waals surface area contributed by atoms with Crippen molar-refractivity contribution in [2.45, 2.75) is 31.7 Å². The van der Waals surface area contributed by atoms with Crippen LogP contribution >= 0.6 is 0 Å². The molecule has 4 nitrogen and oxygen atoms in total. The maximum Gasteiger partial charge on any atom is 0.254 e. The number of amides is 1. The SMILES string of the molecule is O=C(c1ccnc(F)c1)N1CCCCCC1CO. The number of rotatable bonds is 2. The van der Waals surface area contributed by atoms with Gasteiger partial charge in [-0.15, -0.1) is 0 Å². The van der Waals surface area contributed by atoms with Crippen LogP contribution in [0.4, 0.5) is 4.39 Å². The summed E-state index contributed by atoms with van der Waals surface area (Å²) >= 11 is 0. The van der Waals surface area contributed by atoms with Crippen LogP contribution in [0, 0.1) is 5.95 Å². The molecule has 1 amide bonds. The first-order chi connectivity index (χ1) is 8.72. The van der Waals surface area contributed by atoms with Crippen LogP contribution in [0.25, 0.3) is 0 Å². The Hall–Kier alpha value is -1.49. The maximum atomic E-state index is 13.0. The quantitative estimate of drug-likeness (QED) is 0.813. The standard InChI is InChI=1S/C13H17FN2O2/c14-12-8-10(5-6-15-12)13(18)16-7-3-1-2-4-11(16)9-17/h5-6,8,11,17H,1-4,7,9H2. The maximum absolute atomic E-state index is 13.0. The van der Waals surface area contributed by atoms with Crippen molar-refractivity contribution in [3.63, 3.8) is 0 Å². The second kappa shape index (κ2) is 5.91. The van der Waals surface area contributed by atoms with Gasteiger partial charge in [0.15, 0.2) is 0 Å². The summed E-state index contributed by atoms with van der Waals surface area (Å²) in [5.41, 5.74) is 0.294. The second-order valence-electron chi connectivity index (χ2n) is 4.55. The van der Waals surface area contributed by atoms with E-state index in [0.717, 1.165) is 31.7 Å². The van der Waals surface area contributed by atoms with E-state index in [1.807, 2.05) is 0 Å². The molecule has 1 saturated heterocycles. The highest BCUT2D eigenvalue weighted by molar-refractivity contribution is 5.94. The third-order valence-electron chi connectivity index (χ3n) is 3.32. The first-order valence-electron chi connectivity index (χ1n) is 6.26. The van der Waals surface area contributed by atoms with E-state index >= 15 is 0 Å². The molecule has 0 aromatic carbocycles. The lowest BCUT2D eigenvalue weighted by Crippen LogP contribution is -2.42. The van der Waals surface area contributed by atoms with E-state index in [1.54, 1.807) is 4.90 Å². The molecule has 1 atom stereocenters. The topological polar surface area (TPSA) is 53.4 Å². The summed E-state index contributed by atoms with van der Waals surface area (Å²) in [6.45, 7) is 0.577. The highest BCUT2D eigenvalue weighted by atomic mass is 19.1. The molecule has 0 saturated carbocycles. The largest absolute Gasteiger partial charge is 0.394 e. The van der Waals surface area contributed by atoms with E-state index in [9.17, 15) is 14.3 Å². The van der Waals surface area contributed by atoms with Crippen LogP contribution in [0.1, 0.15) is 36.0 Å². The molecule has 18 heavy (non-hydrogen) atoms. The molecule has 1 aromatic heterocycles. The average molecular weight is 252 g/mol. The monoisotopic (exact) mass is 252 g/mol. The number of carbonyl (C=O) groups is 1. The zero-order chi connectivity index (χ0) is 13.0. The summed E-state index contributed by atoms with van der Waals surface area (Å²) in [6, 6.07) is 2.49. The van der Waals surface area contributed by atoms with Gasteiger partial charge in [-0.05, 0) is 18.9 Å². The molecule has 1 aliphatic heterocycles. The smallest absolute Gasteiger partial charge is 0.254 e. The minimum absolute atomic E-state index is 0.0424. The molecule has 2 heterocycles.